The van der Waals surface area contributed by atoms with Crippen molar-refractivity contribution in [2.75, 3.05) is 6.54 Å². The molecule has 0 atom stereocenters. The SMILES string of the molecule is C=CCC(CC=C)C(=O)NCC1(O)CCCCCC1. The highest BCUT2D eigenvalue weighted by Crippen LogP contribution is 2.26. The van der Waals surface area contributed by atoms with Crippen LogP contribution in [0.3, 0.4) is 0 Å². The van der Waals surface area contributed by atoms with Gasteiger partial charge in [0.15, 0.2) is 0 Å². The Hall–Kier alpha value is -1.09. The minimum absolute atomic E-state index is 0.00234. The molecule has 1 fully saturated rings. The Balaban J connectivity index is 2.46. The zero-order valence-electron chi connectivity index (χ0n) is 11.9. The summed E-state index contributed by atoms with van der Waals surface area (Å²) < 4.78 is 0. The Bertz CT molecular complexity index is 294. The molecule has 1 aliphatic carbocycles. The van der Waals surface area contributed by atoms with Gasteiger partial charge in [0, 0.05) is 12.5 Å². The molecule has 0 aromatic heterocycles. The van der Waals surface area contributed by atoms with Crippen molar-refractivity contribution >= 4 is 5.91 Å². The molecule has 0 aromatic carbocycles. The number of carbonyl (C=O) groups excluding carboxylic acids is 1. The molecule has 3 nitrogen and oxygen atoms in total. The molecule has 0 radical (unpaired) electrons. The molecule has 0 unspecified atom stereocenters. The first-order valence-electron chi connectivity index (χ1n) is 7.33. The number of aliphatic hydroxyl groups is 1. The quantitative estimate of drug-likeness (QED) is 0.549. The Morgan fingerprint density at radius 3 is 2.16 bits per heavy atom. The lowest BCUT2D eigenvalue weighted by atomic mass is 9.93. The summed E-state index contributed by atoms with van der Waals surface area (Å²) in [7, 11) is 0. The molecule has 1 rings (SSSR count). The van der Waals surface area contributed by atoms with E-state index in [1.807, 2.05) is 0 Å². The van der Waals surface area contributed by atoms with Gasteiger partial charge in [-0.05, 0) is 25.7 Å². The van der Waals surface area contributed by atoms with Gasteiger partial charge in [0.05, 0.1) is 5.60 Å². The van der Waals surface area contributed by atoms with Gasteiger partial charge in [-0.1, -0.05) is 37.8 Å². The molecule has 2 N–H and O–H groups in total. The van der Waals surface area contributed by atoms with Crippen LogP contribution in [-0.2, 0) is 4.79 Å². The summed E-state index contributed by atoms with van der Waals surface area (Å²) >= 11 is 0. The summed E-state index contributed by atoms with van der Waals surface area (Å²) in [5.41, 5.74) is -0.709. The maximum absolute atomic E-state index is 12.1. The lowest BCUT2D eigenvalue weighted by molar-refractivity contribution is -0.126. The standard InChI is InChI=1S/C16H27NO2/c1-3-9-14(10-4-2)15(18)17-13-16(19)11-7-5-6-8-12-16/h3-4,14,19H,1-2,5-13H2,(H,17,18). The van der Waals surface area contributed by atoms with E-state index >= 15 is 0 Å². The van der Waals surface area contributed by atoms with Crippen molar-refractivity contribution in [2.45, 2.75) is 57.0 Å². The molecular weight excluding hydrogens is 238 g/mol. The molecular formula is C16H27NO2. The normalized spacial score (nSPS) is 18.6. The fourth-order valence-corrected chi connectivity index (χ4v) is 2.67. The van der Waals surface area contributed by atoms with Crippen LogP contribution < -0.4 is 5.32 Å². The molecule has 0 bridgehead atoms. The molecule has 0 heterocycles. The highest BCUT2D eigenvalue weighted by Gasteiger charge is 2.29. The second-order valence-electron chi connectivity index (χ2n) is 5.60. The third-order valence-electron chi connectivity index (χ3n) is 3.90. The fraction of sp³-hybridized carbons (Fsp3) is 0.688. The van der Waals surface area contributed by atoms with Crippen LogP contribution in [0.15, 0.2) is 25.3 Å². The molecule has 1 saturated carbocycles. The first-order chi connectivity index (χ1) is 9.11. The monoisotopic (exact) mass is 265 g/mol. The average Bonchev–Trinajstić information content (AvgIpc) is 2.61. The van der Waals surface area contributed by atoms with Crippen LogP contribution in [0.5, 0.6) is 0 Å². The van der Waals surface area contributed by atoms with E-state index in [-0.39, 0.29) is 11.8 Å². The zero-order valence-corrected chi connectivity index (χ0v) is 11.9. The van der Waals surface area contributed by atoms with Gasteiger partial charge in [0.2, 0.25) is 5.91 Å². The van der Waals surface area contributed by atoms with E-state index < -0.39 is 5.60 Å². The second kappa shape index (κ2) is 8.16. The van der Waals surface area contributed by atoms with E-state index in [1.54, 1.807) is 12.2 Å². The molecule has 1 aliphatic rings. The Morgan fingerprint density at radius 1 is 1.16 bits per heavy atom. The highest BCUT2D eigenvalue weighted by molar-refractivity contribution is 5.79. The molecule has 0 aromatic rings. The average molecular weight is 265 g/mol. The first kappa shape index (κ1) is 16.0. The molecule has 108 valence electrons. The third-order valence-corrected chi connectivity index (χ3v) is 3.90. The largest absolute Gasteiger partial charge is 0.388 e. The Labute approximate surface area is 116 Å². The van der Waals surface area contributed by atoms with Gasteiger partial charge in [-0.3, -0.25) is 4.79 Å². The van der Waals surface area contributed by atoms with Crippen molar-refractivity contribution in [2.24, 2.45) is 5.92 Å². The molecule has 0 saturated heterocycles. The summed E-state index contributed by atoms with van der Waals surface area (Å²) in [6.07, 6.45) is 10.9. The second-order valence-corrected chi connectivity index (χ2v) is 5.60. The topological polar surface area (TPSA) is 49.3 Å². The highest BCUT2D eigenvalue weighted by atomic mass is 16.3. The smallest absolute Gasteiger partial charge is 0.223 e. The van der Waals surface area contributed by atoms with E-state index in [1.165, 1.54) is 12.8 Å². The first-order valence-corrected chi connectivity index (χ1v) is 7.33. The lowest BCUT2D eigenvalue weighted by Crippen LogP contribution is -2.44. The Kier molecular flexibility index (Phi) is 6.85. The summed E-state index contributed by atoms with van der Waals surface area (Å²) in [5, 5.41) is 13.4. The van der Waals surface area contributed by atoms with Gasteiger partial charge < -0.3 is 10.4 Å². The number of hydrogen-bond acceptors (Lipinski definition) is 2. The van der Waals surface area contributed by atoms with Gasteiger partial charge in [-0.15, -0.1) is 13.2 Å². The van der Waals surface area contributed by atoms with Gasteiger partial charge in [-0.25, -0.2) is 0 Å². The number of hydrogen-bond donors (Lipinski definition) is 2. The number of rotatable bonds is 7. The third kappa shape index (κ3) is 5.60. The lowest BCUT2D eigenvalue weighted by Gasteiger charge is -2.27. The summed E-state index contributed by atoms with van der Waals surface area (Å²) in [4.78, 5) is 12.1. The molecule has 0 aliphatic heterocycles. The minimum Gasteiger partial charge on any atom is -0.388 e. The van der Waals surface area contributed by atoms with Gasteiger partial charge in [0.25, 0.3) is 0 Å². The Morgan fingerprint density at radius 2 is 1.68 bits per heavy atom. The van der Waals surface area contributed by atoms with Crippen LogP contribution >= 0.6 is 0 Å². The van der Waals surface area contributed by atoms with Crippen molar-refractivity contribution < 1.29 is 9.90 Å². The van der Waals surface area contributed by atoms with Crippen molar-refractivity contribution in [3.8, 4) is 0 Å². The van der Waals surface area contributed by atoms with Gasteiger partial charge in [-0.2, -0.15) is 0 Å². The number of amides is 1. The van der Waals surface area contributed by atoms with Crippen LogP contribution in [0.25, 0.3) is 0 Å². The van der Waals surface area contributed by atoms with Crippen molar-refractivity contribution in [1.29, 1.82) is 0 Å². The summed E-state index contributed by atoms with van der Waals surface area (Å²) in [5.74, 6) is -0.109. The van der Waals surface area contributed by atoms with Crippen LogP contribution in [0.1, 0.15) is 51.4 Å². The van der Waals surface area contributed by atoms with E-state index in [2.05, 4.69) is 18.5 Å². The van der Waals surface area contributed by atoms with Gasteiger partial charge in [0.1, 0.15) is 0 Å². The van der Waals surface area contributed by atoms with Crippen molar-refractivity contribution in [3.63, 3.8) is 0 Å². The fourth-order valence-electron chi connectivity index (χ4n) is 2.67. The molecule has 19 heavy (non-hydrogen) atoms. The number of nitrogens with one attached hydrogen (secondary N) is 1. The van der Waals surface area contributed by atoms with E-state index in [4.69, 9.17) is 0 Å². The van der Waals surface area contributed by atoms with Crippen LogP contribution in [-0.4, -0.2) is 23.2 Å². The molecule has 0 spiro atoms. The number of allylic oxidation sites excluding steroid dienone is 2. The number of carbonyl (C=O) groups is 1. The van der Waals surface area contributed by atoms with Crippen molar-refractivity contribution in [3.05, 3.63) is 25.3 Å². The summed E-state index contributed by atoms with van der Waals surface area (Å²) in [6.45, 7) is 7.73. The van der Waals surface area contributed by atoms with E-state index in [0.717, 1.165) is 25.7 Å². The maximum atomic E-state index is 12.1. The zero-order chi connectivity index (χ0) is 14.1. The van der Waals surface area contributed by atoms with E-state index in [0.29, 0.717) is 19.4 Å². The van der Waals surface area contributed by atoms with E-state index in [9.17, 15) is 9.90 Å². The van der Waals surface area contributed by atoms with Crippen molar-refractivity contribution in [1.82, 2.24) is 5.32 Å². The molecule has 1 amide bonds. The summed E-state index contributed by atoms with van der Waals surface area (Å²) in [6, 6.07) is 0. The predicted molar refractivity (Wildman–Crippen MR) is 78.8 cm³/mol. The molecule has 3 heteroatoms. The van der Waals surface area contributed by atoms with Crippen LogP contribution in [0.4, 0.5) is 0 Å². The predicted octanol–water partition coefficient (Wildman–Crippen LogP) is 2.96. The van der Waals surface area contributed by atoms with Crippen LogP contribution in [0.2, 0.25) is 0 Å². The minimum atomic E-state index is -0.709. The van der Waals surface area contributed by atoms with Gasteiger partial charge >= 0.3 is 0 Å². The maximum Gasteiger partial charge on any atom is 0.223 e. The van der Waals surface area contributed by atoms with Crippen LogP contribution in [0, 0.1) is 5.92 Å².